The molecule has 1 saturated heterocycles. The molecular formula is C22H18ClN3O5. The summed E-state index contributed by atoms with van der Waals surface area (Å²) >= 11 is 6.05. The Labute approximate surface area is 181 Å². The van der Waals surface area contributed by atoms with Crippen molar-refractivity contribution >= 4 is 46.1 Å². The van der Waals surface area contributed by atoms with Crippen LogP contribution < -0.4 is 16.3 Å². The molecule has 1 atom stereocenters. The van der Waals surface area contributed by atoms with E-state index in [1.807, 2.05) is 0 Å². The Kier molecular flexibility index (Phi) is 5.02. The van der Waals surface area contributed by atoms with Crippen molar-refractivity contribution in [2.45, 2.75) is 25.9 Å². The number of hydrogen-bond donors (Lipinski definition) is 2. The van der Waals surface area contributed by atoms with Crippen molar-refractivity contribution in [1.29, 1.82) is 0 Å². The van der Waals surface area contributed by atoms with Crippen LogP contribution in [0.25, 0.3) is 11.0 Å². The third kappa shape index (κ3) is 3.77. The van der Waals surface area contributed by atoms with E-state index < -0.39 is 23.1 Å². The molecule has 8 nitrogen and oxygen atoms in total. The minimum atomic E-state index is -1.28. The number of benzene rings is 2. The zero-order chi connectivity index (χ0) is 22.3. The lowest BCUT2D eigenvalue weighted by atomic mass is 9.92. The van der Waals surface area contributed by atoms with Crippen molar-refractivity contribution in [3.05, 3.63) is 75.1 Å². The van der Waals surface area contributed by atoms with Gasteiger partial charge in [0.05, 0.1) is 6.54 Å². The Morgan fingerprint density at radius 2 is 1.94 bits per heavy atom. The molecule has 2 N–H and O–H groups in total. The molecule has 9 heteroatoms. The van der Waals surface area contributed by atoms with Gasteiger partial charge in [0.25, 0.3) is 5.91 Å². The minimum absolute atomic E-state index is 0.123. The first-order chi connectivity index (χ1) is 14.7. The number of carbonyl (C=O) groups is 3. The predicted octanol–water partition coefficient (Wildman–Crippen LogP) is 3.37. The number of urea groups is 1. The van der Waals surface area contributed by atoms with Gasteiger partial charge in [0.15, 0.2) is 0 Å². The summed E-state index contributed by atoms with van der Waals surface area (Å²) in [6, 6.07) is 12.2. The third-order valence-corrected chi connectivity index (χ3v) is 5.39. The summed E-state index contributed by atoms with van der Waals surface area (Å²) in [5, 5.41) is 6.33. The average molecular weight is 440 g/mol. The van der Waals surface area contributed by atoms with Crippen LogP contribution in [0.5, 0.6) is 0 Å². The number of carbonyl (C=O) groups excluding carboxylic acids is 3. The van der Waals surface area contributed by atoms with E-state index in [9.17, 15) is 19.2 Å². The topological polar surface area (TPSA) is 109 Å². The summed E-state index contributed by atoms with van der Waals surface area (Å²) in [4.78, 5) is 50.3. The van der Waals surface area contributed by atoms with Gasteiger partial charge in [-0.1, -0.05) is 23.7 Å². The number of nitrogens with one attached hydrogen (secondary N) is 2. The van der Waals surface area contributed by atoms with E-state index in [2.05, 4.69) is 10.6 Å². The zero-order valence-electron chi connectivity index (χ0n) is 16.7. The number of nitrogens with zero attached hydrogens (tertiary/aromatic N) is 1. The van der Waals surface area contributed by atoms with Gasteiger partial charge in [0, 0.05) is 35.2 Å². The van der Waals surface area contributed by atoms with Crippen molar-refractivity contribution in [3.63, 3.8) is 0 Å². The minimum Gasteiger partial charge on any atom is -0.423 e. The normalized spacial score (nSPS) is 18.4. The highest BCUT2D eigenvalue weighted by Crippen LogP contribution is 2.32. The second-order valence-corrected chi connectivity index (χ2v) is 7.88. The van der Waals surface area contributed by atoms with E-state index in [1.165, 1.54) is 19.1 Å². The largest absolute Gasteiger partial charge is 0.423 e. The fourth-order valence-electron chi connectivity index (χ4n) is 3.65. The first-order valence-electron chi connectivity index (χ1n) is 9.42. The molecule has 2 heterocycles. The lowest BCUT2D eigenvalue weighted by Crippen LogP contribution is -2.40. The van der Waals surface area contributed by atoms with Gasteiger partial charge >= 0.3 is 11.7 Å². The van der Waals surface area contributed by atoms with Crippen molar-refractivity contribution in [3.8, 4) is 0 Å². The van der Waals surface area contributed by atoms with E-state index in [-0.39, 0.29) is 18.0 Å². The van der Waals surface area contributed by atoms with Crippen molar-refractivity contribution in [2.24, 2.45) is 0 Å². The molecule has 1 aromatic heterocycles. The molecule has 0 aliphatic carbocycles. The molecule has 3 aromatic rings. The van der Waals surface area contributed by atoms with Gasteiger partial charge in [-0.15, -0.1) is 0 Å². The number of imide groups is 1. The van der Waals surface area contributed by atoms with Crippen LogP contribution in [0.2, 0.25) is 5.02 Å². The summed E-state index contributed by atoms with van der Waals surface area (Å²) in [7, 11) is 0. The van der Waals surface area contributed by atoms with Crippen molar-refractivity contribution in [2.75, 3.05) is 5.32 Å². The molecule has 0 saturated carbocycles. The van der Waals surface area contributed by atoms with Gasteiger partial charge < -0.3 is 15.1 Å². The maximum atomic E-state index is 13.2. The molecule has 0 spiro atoms. The maximum Gasteiger partial charge on any atom is 0.336 e. The van der Waals surface area contributed by atoms with Gasteiger partial charge in [-0.2, -0.15) is 0 Å². The molecule has 1 unspecified atom stereocenters. The fraction of sp³-hybridized carbons (Fsp3) is 0.182. The Balaban J connectivity index is 1.70. The maximum absolute atomic E-state index is 13.2. The quantitative estimate of drug-likeness (QED) is 0.478. The second-order valence-electron chi connectivity index (χ2n) is 7.44. The lowest BCUT2D eigenvalue weighted by Gasteiger charge is -2.22. The smallest absolute Gasteiger partial charge is 0.336 e. The molecule has 31 heavy (non-hydrogen) atoms. The van der Waals surface area contributed by atoms with Crippen LogP contribution in [-0.2, 0) is 21.7 Å². The summed E-state index contributed by atoms with van der Waals surface area (Å²) in [5.41, 5.74) is -0.220. The van der Waals surface area contributed by atoms with Crippen LogP contribution >= 0.6 is 11.6 Å². The van der Waals surface area contributed by atoms with Gasteiger partial charge in [0.2, 0.25) is 5.91 Å². The zero-order valence-corrected chi connectivity index (χ0v) is 17.4. The van der Waals surface area contributed by atoms with Crippen molar-refractivity contribution < 1.29 is 18.8 Å². The Morgan fingerprint density at radius 1 is 1.16 bits per heavy atom. The van der Waals surface area contributed by atoms with E-state index in [0.29, 0.717) is 27.2 Å². The number of fused-ring (bicyclic) bond motifs is 1. The molecule has 0 radical (unpaired) electrons. The van der Waals surface area contributed by atoms with E-state index in [0.717, 1.165) is 4.90 Å². The highest BCUT2D eigenvalue weighted by Gasteiger charge is 2.49. The Morgan fingerprint density at radius 3 is 2.65 bits per heavy atom. The second kappa shape index (κ2) is 7.55. The summed E-state index contributed by atoms with van der Waals surface area (Å²) in [5.74, 6) is -0.728. The highest BCUT2D eigenvalue weighted by molar-refractivity contribution is 6.30. The summed E-state index contributed by atoms with van der Waals surface area (Å²) < 4.78 is 5.24. The van der Waals surface area contributed by atoms with Crippen LogP contribution in [0.3, 0.4) is 0 Å². The molecule has 4 rings (SSSR count). The standard InChI is InChI=1S/C22H18ClN3O5/c1-12(27)24-16-6-7-17-13(8-19(28)31-18(17)10-16)11-26-20(29)22(2,25-21(26)30)14-4-3-5-15(23)9-14/h3-10H,11H2,1-2H3,(H,24,27)(H,25,30). The molecule has 158 valence electrons. The Bertz CT molecular complexity index is 1300. The van der Waals surface area contributed by atoms with Crippen LogP contribution in [0.1, 0.15) is 25.0 Å². The average Bonchev–Trinajstić information content (AvgIpc) is 2.91. The van der Waals surface area contributed by atoms with Gasteiger partial charge in [-0.25, -0.2) is 9.59 Å². The first-order valence-corrected chi connectivity index (χ1v) is 9.80. The summed E-state index contributed by atoms with van der Waals surface area (Å²) in [6.07, 6.45) is 0. The predicted molar refractivity (Wildman–Crippen MR) is 115 cm³/mol. The molecule has 4 amide bonds. The molecular weight excluding hydrogens is 422 g/mol. The van der Waals surface area contributed by atoms with Gasteiger partial charge in [-0.3, -0.25) is 14.5 Å². The number of amides is 4. The number of halogens is 1. The van der Waals surface area contributed by atoms with Crippen LogP contribution in [0, 0.1) is 0 Å². The molecule has 1 fully saturated rings. The van der Waals surface area contributed by atoms with Crippen LogP contribution in [0.15, 0.2) is 57.7 Å². The van der Waals surface area contributed by atoms with Gasteiger partial charge in [0.1, 0.15) is 11.1 Å². The summed E-state index contributed by atoms with van der Waals surface area (Å²) in [6.45, 7) is 2.85. The van der Waals surface area contributed by atoms with Crippen molar-refractivity contribution in [1.82, 2.24) is 10.2 Å². The monoisotopic (exact) mass is 439 g/mol. The fourth-order valence-corrected chi connectivity index (χ4v) is 3.84. The lowest BCUT2D eigenvalue weighted by molar-refractivity contribution is -0.131. The van der Waals surface area contributed by atoms with Crippen LogP contribution in [-0.4, -0.2) is 22.7 Å². The number of rotatable bonds is 4. The molecule has 1 aliphatic heterocycles. The Hall–Kier alpha value is -3.65. The molecule has 0 bridgehead atoms. The first kappa shape index (κ1) is 20.6. The molecule has 2 aromatic carbocycles. The van der Waals surface area contributed by atoms with E-state index >= 15 is 0 Å². The van der Waals surface area contributed by atoms with E-state index in [4.69, 9.17) is 16.0 Å². The van der Waals surface area contributed by atoms with Crippen LogP contribution in [0.4, 0.5) is 10.5 Å². The third-order valence-electron chi connectivity index (χ3n) is 5.16. The number of hydrogen-bond acceptors (Lipinski definition) is 5. The van der Waals surface area contributed by atoms with Gasteiger partial charge in [-0.05, 0) is 42.3 Å². The van der Waals surface area contributed by atoms with E-state index in [1.54, 1.807) is 43.3 Å². The highest BCUT2D eigenvalue weighted by atomic mass is 35.5. The SMILES string of the molecule is CC(=O)Nc1ccc2c(CN3C(=O)NC(C)(c4cccc(Cl)c4)C3=O)cc(=O)oc2c1. The molecule has 1 aliphatic rings. The number of anilines is 1.